The molecule has 1 N–H and O–H groups in total. The number of alkyl halides is 13. The first-order valence-corrected chi connectivity index (χ1v) is 4.79. The van der Waals surface area contributed by atoms with Crippen LogP contribution in [0.4, 0.5) is 57.1 Å². The van der Waals surface area contributed by atoms with Gasteiger partial charge in [0, 0.05) is 6.92 Å². The van der Waals surface area contributed by atoms with E-state index >= 15 is 0 Å². The second kappa shape index (κ2) is 5.03. The van der Waals surface area contributed by atoms with Crippen molar-refractivity contribution in [3.8, 4) is 0 Å². The van der Waals surface area contributed by atoms with Crippen molar-refractivity contribution in [2.75, 3.05) is 0 Å². The number of hydrogen-bond donors (Lipinski definition) is 1. The third-order valence-corrected chi connectivity index (χ3v) is 2.38. The highest BCUT2D eigenvalue weighted by atomic mass is 19.4. The van der Waals surface area contributed by atoms with Gasteiger partial charge in [0.25, 0.3) is 6.17 Å². The first-order valence-electron chi connectivity index (χ1n) is 4.79. The monoisotopic (exact) mass is 364 g/mol. The molecular weight excluding hydrogens is 359 g/mol. The van der Waals surface area contributed by atoms with Crippen LogP contribution in [0.3, 0.4) is 0 Å². The normalized spacial score (nSPS) is 17.6. The SMILES string of the molecule is CC(F)(F)C(F)(F)C(F)(F)C(F)(F)C(F)(F)C(F)C(O)(F)F. The molecular formula is C8H5F13O. The Kier molecular flexibility index (Phi) is 4.81. The van der Waals surface area contributed by atoms with Crippen molar-refractivity contribution in [2.24, 2.45) is 0 Å². The molecule has 0 bridgehead atoms. The number of aliphatic hydroxyl groups is 1. The van der Waals surface area contributed by atoms with Crippen LogP contribution in [0.2, 0.25) is 0 Å². The molecule has 0 aliphatic rings. The van der Waals surface area contributed by atoms with E-state index in [-0.39, 0.29) is 0 Å². The van der Waals surface area contributed by atoms with Gasteiger partial charge >= 0.3 is 35.7 Å². The molecule has 1 nitrogen and oxygen atoms in total. The molecule has 0 amide bonds. The molecule has 1 unspecified atom stereocenters. The molecule has 0 aliphatic carbocycles. The molecule has 0 aromatic rings. The fourth-order valence-corrected chi connectivity index (χ4v) is 1.06. The molecule has 0 aromatic heterocycles. The Morgan fingerprint density at radius 2 is 0.955 bits per heavy atom. The second-order valence-electron chi connectivity index (χ2n) is 4.18. The molecule has 0 heterocycles. The highest BCUT2D eigenvalue weighted by molar-refractivity contribution is 5.10. The lowest BCUT2D eigenvalue weighted by atomic mass is 9.92. The summed E-state index contributed by atoms with van der Waals surface area (Å²) in [6, 6.07) is 0. The van der Waals surface area contributed by atoms with E-state index in [4.69, 9.17) is 5.11 Å². The summed E-state index contributed by atoms with van der Waals surface area (Å²) in [5, 5.41) is 7.51. The summed E-state index contributed by atoms with van der Waals surface area (Å²) < 4.78 is 162. The summed E-state index contributed by atoms with van der Waals surface area (Å²) in [5.74, 6) is -35.8. The third kappa shape index (κ3) is 2.80. The van der Waals surface area contributed by atoms with Crippen LogP contribution in [0.25, 0.3) is 0 Å². The van der Waals surface area contributed by atoms with Crippen molar-refractivity contribution in [3.05, 3.63) is 0 Å². The molecule has 134 valence electrons. The molecule has 0 saturated carbocycles. The summed E-state index contributed by atoms with van der Waals surface area (Å²) in [6.07, 6.45) is -12.1. The van der Waals surface area contributed by atoms with Gasteiger partial charge in [-0.15, -0.1) is 0 Å². The molecule has 0 aliphatic heterocycles. The maximum absolute atomic E-state index is 12.8. The number of halogens is 13. The van der Waals surface area contributed by atoms with Gasteiger partial charge in [-0.1, -0.05) is 0 Å². The van der Waals surface area contributed by atoms with E-state index in [2.05, 4.69) is 0 Å². The van der Waals surface area contributed by atoms with E-state index in [1.54, 1.807) is 0 Å². The molecule has 22 heavy (non-hydrogen) atoms. The van der Waals surface area contributed by atoms with E-state index in [0.29, 0.717) is 0 Å². The predicted octanol–water partition coefficient (Wildman–Crippen LogP) is 4.11. The van der Waals surface area contributed by atoms with Crippen molar-refractivity contribution in [1.82, 2.24) is 0 Å². The van der Waals surface area contributed by atoms with Crippen LogP contribution in [0.5, 0.6) is 0 Å². The topological polar surface area (TPSA) is 20.2 Å². The maximum Gasteiger partial charge on any atom is 0.390 e. The fourth-order valence-electron chi connectivity index (χ4n) is 1.06. The number of hydrogen-bond acceptors (Lipinski definition) is 1. The van der Waals surface area contributed by atoms with Crippen LogP contribution in [-0.4, -0.2) is 47.0 Å². The van der Waals surface area contributed by atoms with Gasteiger partial charge in [-0.25, -0.2) is 4.39 Å². The highest BCUT2D eigenvalue weighted by Gasteiger charge is 2.87. The van der Waals surface area contributed by atoms with E-state index in [1.807, 2.05) is 0 Å². The Morgan fingerprint density at radius 1 is 0.636 bits per heavy atom. The number of rotatable bonds is 6. The lowest BCUT2D eigenvalue weighted by Gasteiger charge is -2.39. The zero-order valence-electron chi connectivity index (χ0n) is 9.94. The first-order chi connectivity index (χ1) is 9.15. The van der Waals surface area contributed by atoms with Crippen LogP contribution in [-0.2, 0) is 0 Å². The smallest absolute Gasteiger partial charge is 0.334 e. The first kappa shape index (κ1) is 21.0. The average Bonchev–Trinajstić information content (AvgIpc) is 2.24. The van der Waals surface area contributed by atoms with Gasteiger partial charge in [-0.05, 0) is 0 Å². The van der Waals surface area contributed by atoms with Gasteiger partial charge < -0.3 is 5.11 Å². The quantitative estimate of drug-likeness (QED) is 0.704. The summed E-state index contributed by atoms with van der Waals surface area (Å²) >= 11 is 0. The molecule has 0 radical (unpaired) electrons. The summed E-state index contributed by atoms with van der Waals surface area (Å²) in [7, 11) is 0. The van der Waals surface area contributed by atoms with Gasteiger partial charge in [-0.2, -0.15) is 52.7 Å². The van der Waals surface area contributed by atoms with E-state index in [9.17, 15) is 57.1 Å². The van der Waals surface area contributed by atoms with E-state index < -0.39 is 48.8 Å². The largest absolute Gasteiger partial charge is 0.390 e. The van der Waals surface area contributed by atoms with Crippen molar-refractivity contribution in [2.45, 2.75) is 48.8 Å². The van der Waals surface area contributed by atoms with Crippen molar-refractivity contribution in [3.63, 3.8) is 0 Å². The predicted molar refractivity (Wildman–Crippen MR) is 42.5 cm³/mol. The summed E-state index contributed by atoms with van der Waals surface area (Å²) in [5.41, 5.74) is 0. The molecule has 14 heteroatoms. The Bertz CT molecular complexity index is 403. The average molecular weight is 364 g/mol. The molecule has 0 rings (SSSR count). The van der Waals surface area contributed by atoms with Gasteiger partial charge in [0.05, 0.1) is 0 Å². The molecule has 0 aromatic carbocycles. The van der Waals surface area contributed by atoms with Crippen LogP contribution < -0.4 is 0 Å². The minimum Gasteiger partial charge on any atom is -0.334 e. The zero-order valence-corrected chi connectivity index (χ0v) is 9.94. The van der Waals surface area contributed by atoms with Crippen LogP contribution in [0.15, 0.2) is 0 Å². The Balaban J connectivity index is 6.12. The lowest BCUT2D eigenvalue weighted by molar-refractivity contribution is -0.419. The van der Waals surface area contributed by atoms with Crippen molar-refractivity contribution in [1.29, 1.82) is 0 Å². The lowest BCUT2D eigenvalue weighted by Crippen LogP contribution is -2.69. The van der Waals surface area contributed by atoms with Crippen LogP contribution in [0, 0.1) is 0 Å². The zero-order chi connectivity index (χ0) is 18.6. The molecule has 0 spiro atoms. The van der Waals surface area contributed by atoms with Crippen molar-refractivity contribution >= 4 is 0 Å². The second-order valence-corrected chi connectivity index (χ2v) is 4.18. The standard InChI is InChI=1S/C8H5F13O/c1-3(10,11)6(16,17)8(20,21)7(18,19)4(12,13)2(9)5(14,15)22/h2,22H,1H3. The molecule has 0 fully saturated rings. The minimum absolute atomic E-state index is 1.04. The third-order valence-electron chi connectivity index (χ3n) is 2.38. The van der Waals surface area contributed by atoms with E-state index in [0.717, 1.165) is 0 Å². The van der Waals surface area contributed by atoms with Gasteiger partial charge in [-0.3, -0.25) is 0 Å². The minimum atomic E-state index is -7.70. The Labute approximate surface area is 112 Å². The van der Waals surface area contributed by atoms with Gasteiger partial charge in [0.1, 0.15) is 0 Å². The highest BCUT2D eigenvalue weighted by Crippen LogP contribution is 2.58. The Hall–Kier alpha value is -0.950. The van der Waals surface area contributed by atoms with Gasteiger partial charge in [0.2, 0.25) is 0 Å². The van der Waals surface area contributed by atoms with Crippen LogP contribution >= 0.6 is 0 Å². The van der Waals surface area contributed by atoms with Crippen LogP contribution in [0.1, 0.15) is 6.92 Å². The van der Waals surface area contributed by atoms with Gasteiger partial charge in [0.15, 0.2) is 0 Å². The molecule has 0 saturated heterocycles. The Morgan fingerprint density at radius 3 is 1.18 bits per heavy atom. The van der Waals surface area contributed by atoms with Crippen molar-refractivity contribution < 1.29 is 62.2 Å². The van der Waals surface area contributed by atoms with E-state index in [1.165, 1.54) is 0 Å². The summed E-state index contributed by atoms with van der Waals surface area (Å²) in [4.78, 5) is 0. The molecule has 1 atom stereocenters. The fraction of sp³-hybridized carbons (Fsp3) is 1.00. The maximum atomic E-state index is 12.8. The summed E-state index contributed by atoms with van der Waals surface area (Å²) in [6.45, 7) is -1.04.